The van der Waals surface area contributed by atoms with Crippen molar-refractivity contribution in [2.24, 2.45) is 7.05 Å². The summed E-state index contributed by atoms with van der Waals surface area (Å²) in [7, 11) is 1.67. The van der Waals surface area contributed by atoms with E-state index in [4.69, 9.17) is 11.6 Å². The van der Waals surface area contributed by atoms with Gasteiger partial charge in [-0.2, -0.15) is 4.98 Å². The summed E-state index contributed by atoms with van der Waals surface area (Å²) in [6, 6.07) is 5.90. The first-order valence-corrected chi connectivity index (χ1v) is 9.55. The lowest BCUT2D eigenvalue weighted by atomic mass is 10.2. The van der Waals surface area contributed by atoms with Gasteiger partial charge in [0.25, 0.3) is 5.56 Å². The Morgan fingerprint density at radius 2 is 2.00 bits per heavy atom. The van der Waals surface area contributed by atoms with Crippen molar-refractivity contribution in [2.75, 3.05) is 11.4 Å². The summed E-state index contributed by atoms with van der Waals surface area (Å²) >= 11 is 6.31. The molecular weight excluding hydrogens is 366 g/mol. The Hall–Kier alpha value is -2.54. The highest BCUT2D eigenvalue weighted by atomic mass is 35.5. The molecule has 8 heteroatoms. The third kappa shape index (κ3) is 2.68. The topological polar surface area (TPSA) is 65.1 Å². The van der Waals surface area contributed by atoms with Gasteiger partial charge in [0.2, 0.25) is 5.95 Å². The number of hydrogen-bond acceptors (Lipinski definition) is 4. The van der Waals surface area contributed by atoms with E-state index in [1.165, 1.54) is 9.13 Å². The van der Waals surface area contributed by atoms with Crippen LogP contribution < -0.4 is 16.1 Å². The minimum absolute atomic E-state index is 0.266. The van der Waals surface area contributed by atoms with E-state index in [1.807, 2.05) is 36.6 Å². The van der Waals surface area contributed by atoms with Gasteiger partial charge in [0, 0.05) is 37.4 Å². The van der Waals surface area contributed by atoms with Crippen LogP contribution in [0.5, 0.6) is 0 Å². The molecule has 27 heavy (non-hydrogen) atoms. The fraction of sp³-hybridized carbons (Fsp3) is 0.421. The minimum Gasteiger partial charge on any atom is -0.312 e. The number of anilines is 2. The third-order valence-electron chi connectivity index (χ3n) is 5.13. The molecule has 0 unspecified atom stereocenters. The number of rotatable bonds is 3. The molecule has 0 spiro atoms. The molecule has 3 aromatic rings. The Morgan fingerprint density at radius 1 is 1.22 bits per heavy atom. The number of hydrogen-bond donors (Lipinski definition) is 0. The van der Waals surface area contributed by atoms with E-state index >= 15 is 0 Å². The number of aromatic nitrogens is 4. The molecule has 4 rings (SSSR count). The van der Waals surface area contributed by atoms with Gasteiger partial charge in [0.05, 0.1) is 0 Å². The number of fused-ring (bicyclic) bond motifs is 3. The first-order valence-electron chi connectivity index (χ1n) is 9.17. The molecule has 0 saturated heterocycles. The predicted molar refractivity (Wildman–Crippen MR) is 107 cm³/mol. The normalized spacial score (nSPS) is 14.0. The summed E-state index contributed by atoms with van der Waals surface area (Å²) in [6.07, 6.45) is 1.59. The summed E-state index contributed by atoms with van der Waals surface area (Å²) in [6.45, 7) is 5.79. The van der Waals surface area contributed by atoms with Crippen molar-refractivity contribution in [1.82, 2.24) is 18.7 Å². The first-order chi connectivity index (χ1) is 12.9. The van der Waals surface area contributed by atoms with Gasteiger partial charge < -0.3 is 9.47 Å². The molecule has 1 aliphatic heterocycles. The van der Waals surface area contributed by atoms with Crippen LogP contribution in [0.2, 0.25) is 5.02 Å². The zero-order valence-corrected chi connectivity index (χ0v) is 16.5. The third-order valence-corrected chi connectivity index (χ3v) is 5.54. The van der Waals surface area contributed by atoms with E-state index in [2.05, 4.69) is 9.88 Å². The van der Waals surface area contributed by atoms with Crippen LogP contribution in [0, 0.1) is 6.92 Å². The molecule has 0 bridgehead atoms. The van der Waals surface area contributed by atoms with Gasteiger partial charge in [-0.1, -0.05) is 24.6 Å². The van der Waals surface area contributed by atoms with Crippen LogP contribution in [0.15, 0.2) is 27.8 Å². The molecule has 142 valence electrons. The molecule has 0 amide bonds. The molecule has 0 radical (unpaired) electrons. The lowest BCUT2D eigenvalue weighted by molar-refractivity contribution is 0.579. The highest BCUT2D eigenvalue weighted by Crippen LogP contribution is 2.33. The monoisotopic (exact) mass is 387 g/mol. The standard InChI is InChI=1S/C19H22ClN5O2/c1-4-8-25-17(26)15-16(22(3)19(25)27)21-18-23(9-5-10-24(15)18)13-7-6-12(2)14(20)11-13/h6-7,11H,4-5,8-10H2,1-3H3. The quantitative estimate of drug-likeness (QED) is 0.693. The van der Waals surface area contributed by atoms with E-state index in [-0.39, 0.29) is 11.2 Å². The molecule has 7 nitrogen and oxygen atoms in total. The predicted octanol–water partition coefficient (Wildman–Crippen LogP) is 2.81. The van der Waals surface area contributed by atoms with Crippen LogP contribution in [0.4, 0.5) is 11.6 Å². The maximum absolute atomic E-state index is 13.0. The highest BCUT2D eigenvalue weighted by Gasteiger charge is 2.27. The Labute approximate surface area is 161 Å². The molecule has 0 atom stereocenters. The van der Waals surface area contributed by atoms with Crippen LogP contribution in [-0.4, -0.2) is 25.2 Å². The maximum Gasteiger partial charge on any atom is 0.332 e. The van der Waals surface area contributed by atoms with Gasteiger partial charge >= 0.3 is 5.69 Å². The maximum atomic E-state index is 13.0. The van der Waals surface area contributed by atoms with Gasteiger partial charge in [-0.15, -0.1) is 0 Å². The van der Waals surface area contributed by atoms with E-state index < -0.39 is 0 Å². The summed E-state index contributed by atoms with van der Waals surface area (Å²) in [5.41, 5.74) is 2.27. The fourth-order valence-electron chi connectivity index (χ4n) is 3.68. The smallest absolute Gasteiger partial charge is 0.312 e. The zero-order valence-electron chi connectivity index (χ0n) is 15.7. The Bertz CT molecular complexity index is 1160. The second-order valence-corrected chi connectivity index (χ2v) is 7.38. The summed E-state index contributed by atoms with van der Waals surface area (Å²) in [5.74, 6) is 0.678. The molecule has 3 heterocycles. The Morgan fingerprint density at radius 3 is 2.70 bits per heavy atom. The van der Waals surface area contributed by atoms with Crippen LogP contribution in [0.3, 0.4) is 0 Å². The van der Waals surface area contributed by atoms with Crippen LogP contribution in [-0.2, 0) is 20.1 Å². The van der Waals surface area contributed by atoms with Crippen molar-refractivity contribution < 1.29 is 0 Å². The molecular formula is C19H22ClN5O2. The highest BCUT2D eigenvalue weighted by molar-refractivity contribution is 6.31. The van der Waals surface area contributed by atoms with Crippen molar-refractivity contribution >= 4 is 34.4 Å². The number of imidazole rings is 1. The van der Waals surface area contributed by atoms with Crippen LogP contribution in [0.25, 0.3) is 11.2 Å². The lowest BCUT2D eigenvalue weighted by Gasteiger charge is -2.29. The Balaban J connectivity index is 1.98. The van der Waals surface area contributed by atoms with Gasteiger partial charge in [-0.3, -0.25) is 13.9 Å². The second-order valence-electron chi connectivity index (χ2n) is 6.97. The molecule has 0 aliphatic carbocycles. The average molecular weight is 388 g/mol. The van der Waals surface area contributed by atoms with Crippen LogP contribution in [0.1, 0.15) is 25.3 Å². The van der Waals surface area contributed by atoms with E-state index in [1.54, 1.807) is 7.05 Å². The number of benzene rings is 1. The largest absolute Gasteiger partial charge is 0.332 e. The number of aryl methyl sites for hydroxylation is 3. The molecule has 0 saturated carbocycles. The minimum atomic E-state index is -0.324. The average Bonchev–Trinajstić information content (AvgIpc) is 3.05. The Kier molecular flexibility index (Phi) is 4.34. The van der Waals surface area contributed by atoms with Crippen molar-refractivity contribution in [1.29, 1.82) is 0 Å². The van der Waals surface area contributed by atoms with Gasteiger partial charge in [-0.25, -0.2) is 4.79 Å². The molecule has 2 aromatic heterocycles. The van der Waals surface area contributed by atoms with Gasteiger partial charge in [0.1, 0.15) is 0 Å². The van der Waals surface area contributed by atoms with E-state index in [9.17, 15) is 9.59 Å². The van der Waals surface area contributed by atoms with E-state index in [0.29, 0.717) is 35.2 Å². The first kappa shape index (κ1) is 17.9. The van der Waals surface area contributed by atoms with Crippen molar-refractivity contribution in [2.45, 2.75) is 39.8 Å². The zero-order chi connectivity index (χ0) is 19.3. The molecule has 0 fully saturated rings. The second kappa shape index (κ2) is 6.56. The van der Waals surface area contributed by atoms with E-state index in [0.717, 1.165) is 30.6 Å². The van der Waals surface area contributed by atoms with Crippen molar-refractivity contribution in [3.8, 4) is 0 Å². The number of halogens is 1. The van der Waals surface area contributed by atoms with Gasteiger partial charge in [-0.05, 0) is 37.5 Å². The van der Waals surface area contributed by atoms with Crippen molar-refractivity contribution in [3.63, 3.8) is 0 Å². The fourth-order valence-corrected chi connectivity index (χ4v) is 3.85. The summed E-state index contributed by atoms with van der Waals surface area (Å²) < 4.78 is 4.71. The summed E-state index contributed by atoms with van der Waals surface area (Å²) in [5, 5.41) is 0.693. The van der Waals surface area contributed by atoms with Crippen molar-refractivity contribution in [3.05, 3.63) is 49.6 Å². The molecule has 1 aromatic carbocycles. The molecule has 0 N–H and O–H groups in total. The number of nitrogens with zero attached hydrogens (tertiary/aromatic N) is 5. The van der Waals surface area contributed by atoms with Crippen LogP contribution >= 0.6 is 11.6 Å². The summed E-state index contributed by atoms with van der Waals surface area (Å²) in [4.78, 5) is 32.3. The SMILES string of the molecule is CCCn1c(=O)c2c(nc3n2CCCN3c2ccc(C)c(Cl)c2)n(C)c1=O. The van der Waals surface area contributed by atoms with Gasteiger partial charge in [0.15, 0.2) is 11.2 Å². The molecule has 1 aliphatic rings. The lowest BCUT2D eigenvalue weighted by Crippen LogP contribution is -2.39.